The van der Waals surface area contributed by atoms with Crippen molar-refractivity contribution < 1.29 is 9.59 Å². The van der Waals surface area contributed by atoms with Gasteiger partial charge in [-0.15, -0.1) is 0 Å². The number of hydrogen-bond acceptors (Lipinski definition) is 5. The number of benzene rings is 1. The zero-order valence-corrected chi connectivity index (χ0v) is 11.3. The smallest absolute Gasteiger partial charge is 0.248 e. The number of aromatic nitrogens is 2. The Kier molecular flexibility index (Phi) is 3.02. The molecule has 0 bridgehead atoms. The Hall–Kier alpha value is -2.96. The molecule has 0 aliphatic carbocycles. The number of amides is 2. The first kappa shape index (κ1) is 13.0. The molecule has 1 aromatic heterocycles. The summed E-state index contributed by atoms with van der Waals surface area (Å²) in [6, 6.07) is 6.89. The average Bonchev–Trinajstić information content (AvgIpc) is 2.46. The number of primary amides is 1. The van der Waals surface area contributed by atoms with Crippen LogP contribution in [0.4, 0.5) is 11.5 Å². The Morgan fingerprint density at radius 2 is 2.19 bits per heavy atom. The molecule has 0 radical (unpaired) electrons. The highest BCUT2D eigenvalue weighted by molar-refractivity contribution is 6.03. The Morgan fingerprint density at radius 1 is 1.38 bits per heavy atom. The predicted molar refractivity (Wildman–Crippen MR) is 77.9 cm³/mol. The second-order valence-corrected chi connectivity index (χ2v) is 4.77. The van der Waals surface area contributed by atoms with E-state index in [1.165, 1.54) is 6.33 Å². The third kappa shape index (κ3) is 2.29. The van der Waals surface area contributed by atoms with Gasteiger partial charge in [0, 0.05) is 18.2 Å². The van der Waals surface area contributed by atoms with E-state index in [9.17, 15) is 9.59 Å². The molecule has 3 N–H and O–H groups in total. The summed E-state index contributed by atoms with van der Waals surface area (Å²) in [5.74, 6) is -0.162. The summed E-state index contributed by atoms with van der Waals surface area (Å²) in [5.41, 5.74) is 7.82. The lowest BCUT2D eigenvalue weighted by molar-refractivity contribution is -0.115. The summed E-state index contributed by atoms with van der Waals surface area (Å²) in [6.45, 7) is 0.225. The molecule has 21 heavy (non-hydrogen) atoms. The summed E-state index contributed by atoms with van der Waals surface area (Å²) in [6.07, 6.45) is 1.38. The van der Waals surface area contributed by atoms with Crippen molar-refractivity contribution in [1.82, 2.24) is 9.97 Å². The second kappa shape index (κ2) is 4.86. The minimum atomic E-state index is -0.499. The van der Waals surface area contributed by atoms with Crippen LogP contribution in [0.1, 0.15) is 10.4 Å². The van der Waals surface area contributed by atoms with E-state index >= 15 is 0 Å². The molecule has 1 aliphatic rings. The first-order valence-corrected chi connectivity index (χ1v) is 6.32. The van der Waals surface area contributed by atoms with E-state index in [4.69, 9.17) is 5.73 Å². The Labute approximate surface area is 120 Å². The van der Waals surface area contributed by atoms with E-state index in [0.29, 0.717) is 17.1 Å². The van der Waals surface area contributed by atoms with Crippen molar-refractivity contribution in [3.63, 3.8) is 0 Å². The van der Waals surface area contributed by atoms with Crippen molar-refractivity contribution in [3.8, 4) is 11.3 Å². The highest BCUT2D eigenvalue weighted by Crippen LogP contribution is 2.35. The minimum Gasteiger partial charge on any atom is -0.366 e. The lowest BCUT2D eigenvalue weighted by atomic mass is 10.1. The van der Waals surface area contributed by atoms with Crippen LogP contribution in [0.2, 0.25) is 0 Å². The van der Waals surface area contributed by atoms with Crippen LogP contribution in [0, 0.1) is 0 Å². The van der Waals surface area contributed by atoms with Crippen molar-refractivity contribution in [1.29, 1.82) is 0 Å². The number of nitrogens with one attached hydrogen (secondary N) is 1. The van der Waals surface area contributed by atoms with Gasteiger partial charge in [0.05, 0.1) is 12.2 Å². The molecule has 0 fully saturated rings. The standard InChI is InChI=1S/C14H13N5O2/c1-19-6-10(20)18-14-12(19)11(16-7-17-14)8-3-2-4-9(5-8)13(15)21/h2-5,7H,6H2,1H3,(H2,15,21)(H,16,17,18,20). The number of nitrogens with zero attached hydrogens (tertiary/aromatic N) is 3. The van der Waals surface area contributed by atoms with Crippen LogP contribution in [-0.2, 0) is 4.79 Å². The second-order valence-electron chi connectivity index (χ2n) is 4.77. The molecule has 0 saturated carbocycles. The van der Waals surface area contributed by atoms with Crippen LogP contribution in [0.25, 0.3) is 11.3 Å². The molecule has 1 aromatic carbocycles. The maximum Gasteiger partial charge on any atom is 0.248 e. The van der Waals surface area contributed by atoms with E-state index in [1.807, 2.05) is 6.07 Å². The number of anilines is 2. The molecule has 2 aromatic rings. The monoisotopic (exact) mass is 283 g/mol. The molecular formula is C14H13N5O2. The van der Waals surface area contributed by atoms with Gasteiger partial charge in [0.15, 0.2) is 5.82 Å². The number of hydrogen-bond donors (Lipinski definition) is 2. The molecule has 3 rings (SSSR count). The van der Waals surface area contributed by atoms with Gasteiger partial charge in [-0.05, 0) is 12.1 Å². The maximum absolute atomic E-state index is 11.6. The van der Waals surface area contributed by atoms with E-state index in [0.717, 1.165) is 11.3 Å². The fourth-order valence-electron chi connectivity index (χ4n) is 2.33. The van der Waals surface area contributed by atoms with Gasteiger partial charge in [0.25, 0.3) is 0 Å². The van der Waals surface area contributed by atoms with Crippen molar-refractivity contribution in [2.45, 2.75) is 0 Å². The molecule has 0 spiro atoms. The van der Waals surface area contributed by atoms with Crippen molar-refractivity contribution in [2.24, 2.45) is 5.73 Å². The largest absolute Gasteiger partial charge is 0.366 e. The van der Waals surface area contributed by atoms with E-state index in [2.05, 4.69) is 15.3 Å². The molecule has 0 saturated heterocycles. The molecule has 0 unspecified atom stereocenters. The first-order valence-electron chi connectivity index (χ1n) is 6.32. The zero-order valence-electron chi connectivity index (χ0n) is 11.3. The minimum absolute atomic E-state index is 0.125. The van der Waals surface area contributed by atoms with E-state index < -0.39 is 5.91 Å². The normalized spacial score (nSPS) is 13.6. The van der Waals surface area contributed by atoms with Crippen LogP contribution in [0.15, 0.2) is 30.6 Å². The van der Waals surface area contributed by atoms with Gasteiger partial charge in [-0.25, -0.2) is 9.97 Å². The van der Waals surface area contributed by atoms with E-state index in [-0.39, 0.29) is 12.5 Å². The van der Waals surface area contributed by atoms with Gasteiger partial charge in [-0.3, -0.25) is 9.59 Å². The van der Waals surface area contributed by atoms with Crippen molar-refractivity contribution >= 4 is 23.3 Å². The van der Waals surface area contributed by atoms with Gasteiger partial charge in [0.1, 0.15) is 12.0 Å². The fourth-order valence-corrected chi connectivity index (χ4v) is 2.33. The summed E-state index contributed by atoms with van der Waals surface area (Å²) >= 11 is 0. The lowest BCUT2D eigenvalue weighted by Gasteiger charge is -2.27. The van der Waals surface area contributed by atoms with Crippen LogP contribution in [-0.4, -0.2) is 35.4 Å². The number of nitrogens with two attached hydrogens (primary N) is 1. The average molecular weight is 283 g/mol. The summed E-state index contributed by atoms with van der Waals surface area (Å²) in [5, 5.41) is 2.71. The maximum atomic E-state index is 11.6. The van der Waals surface area contributed by atoms with Gasteiger partial charge in [-0.2, -0.15) is 0 Å². The fraction of sp³-hybridized carbons (Fsp3) is 0.143. The topological polar surface area (TPSA) is 101 Å². The molecule has 7 heteroatoms. The molecular weight excluding hydrogens is 270 g/mol. The Bertz CT molecular complexity index is 744. The highest BCUT2D eigenvalue weighted by atomic mass is 16.2. The third-order valence-electron chi connectivity index (χ3n) is 3.26. The molecule has 106 valence electrons. The van der Waals surface area contributed by atoms with Crippen LogP contribution >= 0.6 is 0 Å². The molecule has 2 amide bonds. The summed E-state index contributed by atoms with van der Waals surface area (Å²) in [7, 11) is 1.79. The van der Waals surface area contributed by atoms with Gasteiger partial charge < -0.3 is 16.0 Å². The quantitative estimate of drug-likeness (QED) is 0.841. The number of carbonyl (C=O) groups is 2. The Morgan fingerprint density at radius 3 is 2.95 bits per heavy atom. The number of likely N-dealkylation sites (N-methyl/N-ethyl adjacent to an activating group) is 1. The zero-order chi connectivity index (χ0) is 15.0. The molecule has 0 atom stereocenters. The van der Waals surface area contributed by atoms with E-state index in [1.54, 1.807) is 30.1 Å². The third-order valence-corrected chi connectivity index (χ3v) is 3.26. The highest BCUT2D eigenvalue weighted by Gasteiger charge is 2.24. The number of rotatable bonds is 2. The van der Waals surface area contributed by atoms with Crippen LogP contribution < -0.4 is 16.0 Å². The first-order chi connectivity index (χ1) is 10.1. The van der Waals surface area contributed by atoms with Crippen LogP contribution in [0.5, 0.6) is 0 Å². The predicted octanol–water partition coefficient (Wildman–Crippen LogP) is 0.631. The Balaban J connectivity index is 2.16. The van der Waals surface area contributed by atoms with Crippen molar-refractivity contribution in [3.05, 3.63) is 36.2 Å². The van der Waals surface area contributed by atoms with Crippen molar-refractivity contribution in [2.75, 3.05) is 23.8 Å². The number of fused-ring (bicyclic) bond motifs is 1. The van der Waals surface area contributed by atoms with Gasteiger partial charge in [0.2, 0.25) is 11.8 Å². The molecule has 2 heterocycles. The lowest BCUT2D eigenvalue weighted by Crippen LogP contribution is -2.36. The van der Waals surface area contributed by atoms with Crippen LogP contribution in [0.3, 0.4) is 0 Å². The summed E-state index contributed by atoms with van der Waals surface area (Å²) < 4.78 is 0. The molecule has 1 aliphatic heterocycles. The van der Waals surface area contributed by atoms with Gasteiger partial charge >= 0.3 is 0 Å². The summed E-state index contributed by atoms with van der Waals surface area (Å²) in [4.78, 5) is 33.0. The number of carbonyl (C=O) groups excluding carboxylic acids is 2. The van der Waals surface area contributed by atoms with Gasteiger partial charge in [-0.1, -0.05) is 12.1 Å². The SMILES string of the molecule is CN1CC(=O)Nc2ncnc(-c3cccc(C(N)=O)c3)c21. The molecule has 7 nitrogen and oxygen atoms in total.